The van der Waals surface area contributed by atoms with Gasteiger partial charge < -0.3 is 18.9 Å². The molecular formula is C19H19N3O6. The molecule has 3 aromatic rings. The van der Waals surface area contributed by atoms with Crippen molar-refractivity contribution in [1.29, 1.82) is 0 Å². The SMILES string of the molecule is COc1cc(C(=O)COC(=O)Cn2nnc3ccccc32)cc(OC)c1OC. The first-order chi connectivity index (χ1) is 13.6. The molecule has 0 aliphatic carbocycles. The molecule has 9 heteroatoms. The summed E-state index contributed by atoms with van der Waals surface area (Å²) >= 11 is 0. The van der Waals surface area contributed by atoms with Crippen molar-refractivity contribution in [2.75, 3.05) is 27.9 Å². The molecule has 9 nitrogen and oxygen atoms in total. The Morgan fingerprint density at radius 2 is 1.68 bits per heavy atom. The van der Waals surface area contributed by atoms with Crippen molar-refractivity contribution >= 4 is 22.8 Å². The Labute approximate surface area is 160 Å². The molecular weight excluding hydrogens is 366 g/mol. The van der Waals surface area contributed by atoms with Gasteiger partial charge in [0.1, 0.15) is 12.1 Å². The largest absolute Gasteiger partial charge is 0.493 e. The first kappa shape index (κ1) is 19.2. The van der Waals surface area contributed by atoms with Gasteiger partial charge in [-0.1, -0.05) is 17.3 Å². The lowest BCUT2D eigenvalue weighted by Gasteiger charge is -2.13. The molecule has 3 rings (SSSR count). The van der Waals surface area contributed by atoms with E-state index in [0.29, 0.717) is 28.3 Å². The topological polar surface area (TPSA) is 102 Å². The molecule has 1 heterocycles. The Morgan fingerprint density at radius 3 is 2.32 bits per heavy atom. The van der Waals surface area contributed by atoms with E-state index < -0.39 is 18.4 Å². The summed E-state index contributed by atoms with van der Waals surface area (Å²) in [6, 6.07) is 10.2. The van der Waals surface area contributed by atoms with Crippen molar-refractivity contribution in [3.63, 3.8) is 0 Å². The highest BCUT2D eigenvalue weighted by molar-refractivity contribution is 5.99. The summed E-state index contributed by atoms with van der Waals surface area (Å²) in [6.45, 7) is -0.576. The van der Waals surface area contributed by atoms with Crippen molar-refractivity contribution < 1.29 is 28.5 Å². The molecule has 0 N–H and O–H groups in total. The number of ether oxygens (including phenoxy) is 4. The van der Waals surface area contributed by atoms with Crippen molar-refractivity contribution in [2.45, 2.75) is 6.54 Å². The molecule has 0 amide bonds. The van der Waals surface area contributed by atoms with Gasteiger partial charge in [-0.15, -0.1) is 5.10 Å². The van der Waals surface area contributed by atoms with Crippen molar-refractivity contribution in [3.8, 4) is 17.2 Å². The summed E-state index contributed by atoms with van der Waals surface area (Å²) < 4.78 is 22.2. The van der Waals surface area contributed by atoms with Crippen molar-refractivity contribution in [2.24, 2.45) is 0 Å². The first-order valence-corrected chi connectivity index (χ1v) is 8.34. The summed E-state index contributed by atoms with van der Waals surface area (Å²) in [4.78, 5) is 24.5. The second-order valence-electron chi connectivity index (χ2n) is 5.73. The fourth-order valence-electron chi connectivity index (χ4n) is 2.67. The van der Waals surface area contributed by atoms with Crippen LogP contribution < -0.4 is 14.2 Å². The fraction of sp³-hybridized carbons (Fsp3) is 0.263. The number of ketones is 1. The van der Waals surface area contributed by atoms with Crippen LogP contribution in [0.5, 0.6) is 17.2 Å². The Hall–Kier alpha value is -3.62. The predicted molar refractivity (Wildman–Crippen MR) is 98.9 cm³/mol. The van der Waals surface area contributed by atoms with E-state index in [1.165, 1.54) is 38.1 Å². The molecule has 0 saturated carbocycles. The van der Waals surface area contributed by atoms with Crippen LogP contribution in [0.2, 0.25) is 0 Å². The minimum atomic E-state index is -0.601. The first-order valence-electron chi connectivity index (χ1n) is 8.34. The van der Waals surface area contributed by atoms with Gasteiger partial charge in [-0.25, -0.2) is 4.68 Å². The zero-order valence-corrected chi connectivity index (χ0v) is 15.7. The molecule has 0 saturated heterocycles. The number of carbonyl (C=O) groups is 2. The Kier molecular flexibility index (Phi) is 5.73. The van der Waals surface area contributed by atoms with Gasteiger partial charge in [0.2, 0.25) is 11.5 Å². The standard InChI is InChI=1S/C19H19N3O6/c1-25-16-8-12(9-17(26-2)19(16)27-3)15(23)11-28-18(24)10-22-14-7-5-4-6-13(14)20-21-22/h4-9H,10-11H2,1-3H3. The monoisotopic (exact) mass is 385 g/mol. The number of aromatic nitrogens is 3. The van der Waals surface area contributed by atoms with E-state index in [0.717, 1.165) is 0 Å². The number of hydrogen-bond acceptors (Lipinski definition) is 8. The van der Waals surface area contributed by atoms with Gasteiger partial charge in [-0.3, -0.25) is 9.59 Å². The third-order valence-corrected chi connectivity index (χ3v) is 4.05. The van der Waals surface area contributed by atoms with Gasteiger partial charge in [0, 0.05) is 5.56 Å². The summed E-state index contributed by atoms with van der Waals surface area (Å²) in [6.07, 6.45) is 0. The van der Waals surface area contributed by atoms with Crippen LogP contribution in [0.3, 0.4) is 0 Å². The molecule has 0 spiro atoms. The van der Waals surface area contributed by atoms with Crippen molar-refractivity contribution in [1.82, 2.24) is 15.0 Å². The summed E-state index contributed by atoms with van der Waals surface area (Å²) in [5.74, 6) is 0.0420. The number of fused-ring (bicyclic) bond motifs is 1. The molecule has 0 unspecified atom stereocenters. The van der Waals surface area contributed by atoms with E-state index in [2.05, 4.69) is 10.3 Å². The van der Waals surface area contributed by atoms with E-state index in [-0.39, 0.29) is 12.1 Å². The number of nitrogens with zero attached hydrogens (tertiary/aromatic N) is 3. The zero-order chi connectivity index (χ0) is 20.1. The van der Waals surface area contributed by atoms with E-state index in [9.17, 15) is 9.59 Å². The fourth-order valence-corrected chi connectivity index (χ4v) is 2.67. The van der Waals surface area contributed by atoms with Crippen LogP contribution in [0.15, 0.2) is 36.4 Å². The smallest absolute Gasteiger partial charge is 0.328 e. The molecule has 1 aromatic heterocycles. The van der Waals surface area contributed by atoms with Gasteiger partial charge in [0.15, 0.2) is 18.1 Å². The molecule has 0 aliphatic heterocycles. The maximum Gasteiger partial charge on any atom is 0.328 e. The zero-order valence-electron chi connectivity index (χ0n) is 15.7. The van der Waals surface area contributed by atoms with Crippen LogP contribution in [-0.4, -0.2) is 54.7 Å². The molecule has 0 fully saturated rings. The van der Waals surface area contributed by atoms with E-state index in [1.807, 2.05) is 12.1 Å². The third-order valence-electron chi connectivity index (χ3n) is 4.05. The maximum absolute atomic E-state index is 12.4. The molecule has 0 atom stereocenters. The number of esters is 1. The van der Waals surface area contributed by atoms with Gasteiger partial charge in [-0.2, -0.15) is 0 Å². The molecule has 2 aromatic carbocycles. The Bertz CT molecular complexity index is 989. The molecule has 0 radical (unpaired) electrons. The van der Waals surface area contributed by atoms with Crippen molar-refractivity contribution in [3.05, 3.63) is 42.0 Å². The highest BCUT2D eigenvalue weighted by Gasteiger charge is 2.18. The number of carbonyl (C=O) groups excluding carboxylic acids is 2. The van der Waals surface area contributed by atoms with Crippen LogP contribution in [-0.2, 0) is 16.1 Å². The second kappa shape index (κ2) is 8.38. The average molecular weight is 385 g/mol. The van der Waals surface area contributed by atoms with E-state index >= 15 is 0 Å². The van der Waals surface area contributed by atoms with Crippen LogP contribution >= 0.6 is 0 Å². The van der Waals surface area contributed by atoms with Crippen LogP contribution in [0.1, 0.15) is 10.4 Å². The van der Waals surface area contributed by atoms with Gasteiger partial charge in [0.05, 0.1) is 26.8 Å². The molecule has 0 aliphatic rings. The van der Waals surface area contributed by atoms with Crippen LogP contribution in [0.4, 0.5) is 0 Å². The predicted octanol–water partition coefficient (Wildman–Crippen LogP) is 1.88. The lowest BCUT2D eigenvalue weighted by atomic mass is 10.1. The Balaban J connectivity index is 1.67. The third kappa shape index (κ3) is 3.88. The molecule has 0 bridgehead atoms. The van der Waals surface area contributed by atoms with E-state index in [4.69, 9.17) is 18.9 Å². The minimum Gasteiger partial charge on any atom is -0.493 e. The average Bonchev–Trinajstić information content (AvgIpc) is 3.13. The number of hydrogen-bond donors (Lipinski definition) is 0. The van der Waals surface area contributed by atoms with Gasteiger partial charge in [-0.05, 0) is 24.3 Å². The number of para-hydroxylation sites is 1. The second-order valence-corrected chi connectivity index (χ2v) is 5.73. The van der Waals surface area contributed by atoms with Gasteiger partial charge >= 0.3 is 5.97 Å². The van der Waals surface area contributed by atoms with E-state index in [1.54, 1.807) is 12.1 Å². The summed E-state index contributed by atoms with van der Waals surface area (Å²) in [5.41, 5.74) is 1.65. The normalized spacial score (nSPS) is 10.5. The lowest BCUT2D eigenvalue weighted by Crippen LogP contribution is -2.19. The Morgan fingerprint density at radius 1 is 1.00 bits per heavy atom. The molecule has 28 heavy (non-hydrogen) atoms. The number of methoxy groups -OCH3 is 3. The summed E-state index contributed by atoms with van der Waals surface area (Å²) in [5, 5.41) is 7.89. The highest BCUT2D eigenvalue weighted by Crippen LogP contribution is 2.38. The van der Waals surface area contributed by atoms with Crippen LogP contribution in [0, 0.1) is 0 Å². The minimum absolute atomic E-state index is 0.150. The number of rotatable bonds is 8. The number of benzene rings is 2. The quantitative estimate of drug-likeness (QED) is 0.428. The maximum atomic E-state index is 12.4. The molecule has 146 valence electrons. The lowest BCUT2D eigenvalue weighted by molar-refractivity contribution is -0.143. The summed E-state index contributed by atoms with van der Waals surface area (Å²) in [7, 11) is 4.37. The highest BCUT2D eigenvalue weighted by atomic mass is 16.5. The van der Waals surface area contributed by atoms with Crippen LogP contribution in [0.25, 0.3) is 11.0 Å². The number of Topliss-reactive ketones (excluding diaryl/α,β-unsaturated/α-hetero) is 1. The van der Waals surface area contributed by atoms with Gasteiger partial charge in [0.25, 0.3) is 0 Å².